The van der Waals surface area contributed by atoms with E-state index in [9.17, 15) is 18.0 Å². The van der Waals surface area contributed by atoms with Crippen molar-refractivity contribution in [3.63, 3.8) is 0 Å². The minimum absolute atomic E-state index is 0.0329. The molecule has 5 nitrogen and oxygen atoms in total. The Bertz CT molecular complexity index is 737. The Balaban J connectivity index is 2.29. The Hall–Kier alpha value is -1.95. The summed E-state index contributed by atoms with van der Waals surface area (Å²) in [6.07, 6.45) is 1.91. The molecule has 1 aromatic carbocycles. The molecule has 1 aromatic rings. The summed E-state index contributed by atoms with van der Waals surface area (Å²) in [5.41, 5.74) is 2.19. The number of sulfone groups is 1. The summed E-state index contributed by atoms with van der Waals surface area (Å²) in [4.78, 5) is 25.4. The van der Waals surface area contributed by atoms with Crippen LogP contribution in [0.5, 0.6) is 0 Å². The molecule has 1 unspecified atom stereocenters. The van der Waals surface area contributed by atoms with E-state index in [0.717, 1.165) is 5.56 Å². The second-order valence-corrected chi connectivity index (χ2v) is 7.77. The molecule has 0 aromatic heterocycles. The lowest BCUT2D eigenvalue weighted by molar-refractivity contribution is -0.117. The van der Waals surface area contributed by atoms with E-state index in [4.69, 9.17) is 0 Å². The number of nitrogens with zero attached hydrogens (tertiary/aromatic N) is 1. The number of amides is 1. The molecule has 22 heavy (non-hydrogen) atoms. The highest BCUT2D eigenvalue weighted by atomic mass is 32.2. The first kappa shape index (κ1) is 16.4. The first-order valence-electron chi connectivity index (χ1n) is 7.05. The average molecular weight is 321 g/mol. The van der Waals surface area contributed by atoms with Crippen LogP contribution in [0.1, 0.15) is 29.8 Å². The van der Waals surface area contributed by atoms with Crippen molar-refractivity contribution in [3.8, 4) is 0 Å². The molecule has 1 amide bonds. The fraction of sp³-hybridized carbons (Fsp3) is 0.375. The number of rotatable bonds is 5. The topological polar surface area (TPSA) is 71.5 Å². The predicted molar refractivity (Wildman–Crippen MR) is 85.9 cm³/mol. The van der Waals surface area contributed by atoms with E-state index < -0.39 is 21.0 Å². The van der Waals surface area contributed by atoms with Gasteiger partial charge in [0.15, 0.2) is 15.6 Å². The monoisotopic (exact) mass is 321 g/mol. The van der Waals surface area contributed by atoms with Gasteiger partial charge in [-0.2, -0.15) is 0 Å². The molecule has 0 radical (unpaired) electrons. The van der Waals surface area contributed by atoms with Crippen molar-refractivity contribution in [2.24, 2.45) is 0 Å². The van der Waals surface area contributed by atoms with Crippen molar-refractivity contribution in [1.82, 2.24) is 0 Å². The highest BCUT2D eigenvalue weighted by Gasteiger charge is 2.34. The van der Waals surface area contributed by atoms with E-state index in [1.807, 2.05) is 0 Å². The number of fused-ring (bicyclic) bond motifs is 1. The maximum Gasteiger partial charge on any atom is 0.245 e. The Morgan fingerprint density at radius 3 is 2.68 bits per heavy atom. The van der Waals surface area contributed by atoms with Crippen molar-refractivity contribution in [3.05, 3.63) is 42.0 Å². The van der Waals surface area contributed by atoms with Crippen molar-refractivity contribution < 1.29 is 18.0 Å². The van der Waals surface area contributed by atoms with Gasteiger partial charge in [-0.1, -0.05) is 6.08 Å². The van der Waals surface area contributed by atoms with Gasteiger partial charge in [0, 0.05) is 17.8 Å². The first-order chi connectivity index (χ1) is 10.3. The third-order valence-corrected chi connectivity index (χ3v) is 5.86. The summed E-state index contributed by atoms with van der Waals surface area (Å²) in [6, 6.07) is 5.15. The smallest absolute Gasteiger partial charge is 0.245 e. The molecule has 1 aliphatic rings. The third kappa shape index (κ3) is 2.97. The van der Waals surface area contributed by atoms with E-state index in [-0.39, 0.29) is 11.5 Å². The van der Waals surface area contributed by atoms with Crippen molar-refractivity contribution in [2.75, 3.05) is 17.2 Å². The number of hydrogen-bond acceptors (Lipinski definition) is 4. The number of carbonyl (C=O) groups excluding carboxylic acids is 2. The molecule has 0 bridgehead atoms. The van der Waals surface area contributed by atoms with Gasteiger partial charge in [0.05, 0.1) is 5.75 Å². The SMILES string of the molecule is C=CCS(=O)(=O)C(C)C(=O)N1CCc2cc(C(C)=O)ccc21. The number of ketones is 1. The zero-order valence-corrected chi connectivity index (χ0v) is 13.5. The summed E-state index contributed by atoms with van der Waals surface area (Å²) in [5.74, 6) is -0.685. The zero-order valence-electron chi connectivity index (χ0n) is 12.7. The highest BCUT2D eigenvalue weighted by Crippen LogP contribution is 2.30. The summed E-state index contributed by atoms with van der Waals surface area (Å²) >= 11 is 0. The normalized spacial score (nSPS) is 15.3. The van der Waals surface area contributed by atoms with Crippen LogP contribution in [-0.2, 0) is 21.1 Å². The lowest BCUT2D eigenvalue weighted by atomic mass is 10.1. The lowest BCUT2D eigenvalue weighted by Gasteiger charge is -2.21. The standard InChI is InChI=1S/C16H19NO4S/c1-4-9-22(20,21)12(3)16(19)17-8-7-14-10-13(11(2)18)5-6-15(14)17/h4-6,10,12H,1,7-9H2,2-3H3. The van der Waals surface area contributed by atoms with E-state index in [1.165, 1.54) is 24.8 Å². The number of benzene rings is 1. The van der Waals surface area contributed by atoms with E-state index in [1.54, 1.807) is 18.2 Å². The molecule has 0 fully saturated rings. The van der Waals surface area contributed by atoms with Gasteiger partial charge in [0.25, 0.3) is 0 Å². The Kier molecular flexibility index (Phi) is 4.51. The zero-order chi connectivity index (χ0) is 16.5. The Morgan fingerprint density at radius 2 is 2.09 bits per heavy atom. The summed E-state index contributed by atoms with van der Waals surface area (Å²) < 4.78 is 24.0. The quantitative estimate of drug-likeness (QED) is 0.612. The predicted octanol–water partition coefficient (Wildman–Crippen LogP) is 1.77. The average Bonchev–Trinajstić information content (AvgIpc) is 2.88. The van der Waals surface area contributed by atoms with Crippen LogP contribution in [0.15, 0.2) is 30.9 Å². The molecule has 2 rings (SSSR count). The van der Waals surface area contributed by atoms with Crippen LogP contribution >= 0.6 is 0 Å². The maximum atomic E-state index is 12.5. The summed E-state index contributed by atoms with van der Waals surface area (Å²) in [6.45, 7) is 6.74. The number of Topliss-reactive ketones (excluding diaryl/α,β-unsaturated/α-hetero) is 1. The van der Waals surface area contributed by atoms with Gasteiger partial charge in [0.1, 0.15) is 5.25 Å². The van der Waals surface area contributed by atoms with Crippen LogP contribution in [-0.4, -0.2) is 37.7 Å². The molecular formula is C16H19NO4S. The Labute approximate surface area is 130 Å². The minimum Gasteiger partial charge on any atom is -0.311 e. The van der Waals surface area contributed by atoms with Gasteiger partial charge in [-0.15, -0.1) is 6.58 Å². The molecule has 118 valence electrons. The maximum absolute atomic E-state index is 12.5. The van der Waals surface area contributed by atoms with Crippen LogP contribution < -0.4 is 4.90 Å². The molecule has 0 spiro atoms. The first-order valence-corrected chi connectivity index (χ1v) is 8.77. The fourth-order valence-corrected chi connectivity index (χ4v) is 3.58. The molecule has 1 atom stereocenters. The molecule has 1 heterocycles. The van der Waals surface area contributed by atoms with Crippen molar-refractivity contribution in [1.29, 1.82) is 0 Å². The van der Waals surface area contributed by atoms with Crippen molar-refractivity contribution in [2.45, 2.75) is 25.5 Å². The van der Waals surface area contributed by atoms with Crippen molar-refractivity contribution >= 4 is 27.2 Å². The van der Waals surface area contributed by atoms with Gasteiger partial charge in [0.2, 0.25) is 5.91 Å². The van der Waals surface area contributed by atoms with Gasteiger partial charge in [-0.25, -0.2) is 8.42 Å². The molecule has 0 aliphatic carbocycles. The molecule has 0 saturated heterocycles. The largest absolute Gasteiger partial charge is 0.311 e. The van der Waals surface area contributed by atoms with Crippen LogP contribution in [0.2, 0.25) is 0 Å². The number of anilines is 1. The molecular weight excluding hydrogens is 302 g/mol. The van der Waals surface area contributed by atoms with Gasteiger partial charge in [-0.3, -0.25) is 9.59 Å². The van der Waals surface area contributed by atoms with Crippen LogP contribution in [0.25, 0.3) is 0 Å². The molecule has 0 saturated carbocycles. The van der Waals surface area contributed by atoms with Crippen LogP contribution in [0.3, 0.4) is 0 Å². The second-order valence-electron chi connectivity index (χ2n) is 5.40. The van der Waals surface area contributed by atoms with Crippen LogP contribution in [0, 0.1) is 0 Å². The van der Waals surface area contributed by atoms with Gasteiger partial charge < -0.3 is 4.90 Å². The van der Waals surface area contributed by atoms with Gasteiger partial charge >= 0.3 is 0 Å². The fourth-order valence-electron chi connectivity index (χ4n) is 2.53. The molecule has 6 heteroatoms. The Morgan fingerprint density at radius 1 is 1.41 bits per heavy atom. The third-order valence-electron chi connectivity index (χ3n) is 3.88. The highest BCUT2D eigenvalue weighted by molar-refractivity contribution is 7.92. The van der Waals surface area contributed by atoms with E-state index in [2.05, 4.69) is 6.58 Å². The van der Waals surface area contributed by atoms with Gasteiger partial charge in [-0.05, 0) is 44.0 Å². The minimum atomic E-state index is -3.53. The number of carbonyl (C=O) groups is 2. The summed E-state index contributed by atoms with van der Waals surface area (Å²) in [5, 5.41) is -1.11. The second kappa shape index (κ2) is 6.04. The number of hydrogen-bond donors (Lipinski definition) is 0. The lowest BCUT2D eigenvalue weighted by Crippen LogP contribution is -2.41. The van der Waals surface area contributed by atoms with Crippen LogP contribution in [0.4, 0.5) is 5.69 Å². The molecule has 0 N–H and O–H groups in total. The van der Waals surface area contributed by atoms with E-state index in [0.29, 0.717) is 24.2 Å². The molecule has 1 aliphatic heterocycles. The van der Waals surface area contributed by atoms with E-state index >= 15 is 0 Å². The summed E-state index contributed by atoms with van der Waals surface area (Å²) in [7, 11) is -3.53.